The Bertz CT molecular complexity index is 581. The zero-order valence-electron chi connectivity index (χ0n) is 10.6. The Kier molecular flexibility index (Phi) is 3.25. The third-order valence-corrected chi connectivity index (χ3v) is 4.26. The summed E-state index contributed by atoms with van der Waals surface area (Å²) in [4.78, 5) is 0. The molecule has 2 aromatic rings. The number of nitrogens with one attached hydrogen (secondary N) is 1. The first-order chi connectivity index (χ1) is 9.28. The van der Waals surface area contributed by atoms with Crippen LogP contribution in [0, 0.1) is 0 Å². The Balaban J connectivity index is 1.90. The van der Waals surface area contributed by atoms with Crippen molar-refractivity contribution in [3.8, 4) is 22.6 Å². The molecule has 5 nitrogen and oxygen atoms in total. The van der Waals surface area contributed by atoms with Crippen molar-refractivity contribution in [2.75, 3.05) is 24.3 Å². The van der Waals surface area contributed by atoms with Gasteiger partial charge in [0.25, 0.3) is 0 Å². The number of thioether (sulfide) groups is 1. The maximum Gasteiger partial charge on any atom is 0.161 e. The average molecular weight is 277 g/mol. The predicted molar refractivity (Wildman–Crippen MR) is 76.7 cm³/mol. The Morgan fingerprint density at radius 2 is 2.21 bits per heavy atom. The molecule has 0 atom stereocenters. The standard InChI is InChI=1S/C13H15N3O2S/c1-17-12-4-8(10-5-15-16-13(10)14)2-3-11(12)18-9-6-19-7-9/h2-5,9H,6-7H2,1H3,(H3,14,15,16). The largest absolute Gasteiger partial charge is 0.493 e. The molecule has 0 aliphatic carbocycles. The highest BCUT2D eigenvalue weighted by Gasteiger charge is 2.21. The molecule has 100 valence electrons. The van der Waals surface area contributed by atoms with Crippen LogP contribution in [-0.4, -0.2) is 34.9 Å². The van der Waals surface area contributed by atoms with Crippen LogP contribution in [-0.2, 0) is 0 Å². The summed E-state index contributed by atoms with van der Waals surface area (Å²) in [5.41, 5.74) is 7.64. The predicted octanol–water partition coefficient (Wildman–Crippen LogP) is 2.16. The molecule has 0 radical (unpaired) electrons. The number of nitrogens with two attached hydrogens (primary N) is 1. The second-order valence-corrected chi connectivity index (χ2v) is 5.42. The molecule has 0 amide bonds. The fraction of sp³-hybridized carbons (Fsp3) is 0.308. The van der Waals surface area contributed by atoms with Crippen molar-refractivity contribution >= 4 is 17.6 Å². The molecule has 3 rings (SSSR count). The number of benzene rings is 1. The second kappa shape index (κ2) is 5.05. The summed E-state index contributed by atoms with van der Waals surface area (Å²) >= 11 is 1.89. The van der Waals surface area contributed by atoms with Crippen LogP contribution in [0.1, 0.15) is 0 Å². The Labute approximate surface area is 115 Å². The molecule has 1 aromatic carbocycles. The highest BCUT2D eigenvalue weighted by molar-refractivity contribution is 8.00. The molecule has 0 bridgehead atoms. The number of aromatic nitrogens is 2. The van der Waals surface area contributed by atoms with E-state index in [4.69, 9.17) is 15.2 Å². The van der Waals surface area contributed by atoms with Gasteiger partial charge >= 0.3 is 0 Å². The summed E-state index contributed by atoms with van der Waals surface area (Å²) in [5.74, 6) is 4.12. The smallest absolute Gasteiger partial charge is 0.161 e. The summed E-state index contributed by atoms with van der Waals surface area (Å²) in [6, 6.07) is 5.80. The lowest BCUT2D eigenvalue weighted by Gasteiger charge is -2.26. The molecular formula is C13H15N3O2S. The lowest BCUT2D eigenvalue weighted by molar-refractivity contribution is 0.228. The molecule has 1 aliphatic heterocycles. The van der Waals surface area contributed by atoms with E-state index in [-0.39, 0.29) is 0 Å². The minimum absolute atomic E-state index is 0.295. The number of anilines is 1. The Hall–Kier alpha value is -1.82. The first-order valence-electron chi connectivity index (χ1n) is 5.99. The Morgan fingerprint density at radius 1 is 1.37 bits per heavy atom. The van der Waals surface area contributed by atoms with Gasteiger partial charge in [0.05, 0.1) is 13.3 Å². The van der Waals surface area contributed by atoms with E-state index in [0.717, 1.165) is 34.1 Å². The highest BCUT2D eigenvalue weighted by Crippen LogP contribution is 2.36. The molecule has 1 aliphatic rings. The van der Waals surface area contributed by atoms with Crippen molar-refractivity contribution in [1.29, 1.82) is 0 Å². The Morgan fingerprint density at radius 3 is 2.79 bits per heavy atom. The van der Waals surface area contributed by atoms with Gasteiger partial charge in [-0.3, -0.25) is 5.10 Å². The quantitative estimate of drug-likeness (QED) is 0.896. The minimum Gasteiger partial charge on any atom is -0.493 e. The van der Waals surface area contributed by atoms with Crippen LogP contribution in [0.3, 0.4) is 0 Å². The summed E-state index contributed by atoms with van der Waals surface area (Å²) in [6.07, 6.45) is 2.00. The van der Waals surface area contributed by atoms with Crippen LogP contribution >= 0.6 is 11.8 Å². The van der Waals surface area contributed by atoms with Gasteiger partial charge in [-0.1, -0.05) is 6.07 Å². The van der Waals surface area contributed by atoms with Crippen LogP contribution in [0.2, 0.25) is 0 Å². The van der Waals surface area contributed by atoms with Crippen LogP contribution < -0.4 is 15.2 Å². The third kappa shape index (κ3) is 2.35. The van der Waals surface area contributed by atoms with Gasteiger partial charge < -0.3 is 15.2 Å². The molecule has 1 aromatic heterocycles. The molecule has 19 heavy (non-hydrogen) atoms. The lowest BCUT2D eigenvalue weighted by atomic mass is 10.1. The molecule has 0 spiro atoms. The van der Waals surface area contributed by atoms with E-state index < -0.39 is 0 Å². The summed E-state index contributed by atoms with van der Waals surface area (Å²) in [5, 5.41) is 6.64. The normalized spacial score (nSPS) is 15.0. The van der Waals surface area contributed by atoms with Crippen molar-refractivity contribution in [1.82, 2.24) is 10.2 Å². The van der Waals surface area contributed by atoms with Gasteiger partial charge in [-0.25, -0.2) is 0 Å². The van der Waals surface area contributed by atoms with Crippen LogP contribution in [0.25, 0.3) is 11.1 Å². The number of H-pyrrole nitrogens is 1. The molecule has 2 heterocycles. The summed E-state index contributed by atoms with van der Waals surface area (Å²) < 4.78 is 11.3. The van der Waals surface area contributed by atoms with E-state index in [1.807, 2.05) is 30.0 Å². The van der Waals surface area contributed by atoms with Crippen LogP contribution in [0.4, 0.5) is 5.82 Å². The number of ether oxygens (including phenoxy) is 2. The van der Waals surface area contributed by atoms with Crippen molar-refractivity contribution in [3.63, 3.8) is 0 Å². The topological polar surface area (TPSA) is 73.2 Å². The van der Waals surface area contributed by atoms with Gasteiger partial charge in [0.15, 0.2) is 11.5 Å². The zero-order valence-corrected chi connectivity index (χ0v) is 11.4. The van der Waals surface area contributed by atoms with Gasteiger partial charge in [-0.15, -0.1) is 0 Å². The van der Waals surface area contributed by atoms with Gasteiger partial charge in [-0.2, -0.15) is 16.9 Å². The SMILES string of the molecule is COc1cc(-c2cn[nH]c2N)ccc1OC1CSC1. The van der Waals surface area contributed by atoms with E-state index in [1.54, 1.807) is 13.3 Å². The van der Waals surface area contributed by atoms with E-state index in [2.05, 4.69) is 10.2 Å². The monoisotopic (exact) mass is 277 g/mol. The van der Waals surface area contributed by atoms with Crippen LogP contribution in [0.15, 0.2) is 24.4 Å². The molecule has 3 N–H and O–H groups in total. The third-order valence-electron chi connectivity index (χ3n) is 3.04. The summed E-state index contributed by atoms with van der Waals surface area (Å²) in [6.45, 7) is 0. The first kappa shape index (κ1) is 12.2. The second-order valence-electron chi connectivity index (χ2n) is 4.34. The lowest BCUT2D eigenvalue weighted by Crippen LogP contribution is -2.31. The number of rotatable bonds is 4. The molecular weight excluding hydrogens is 262 g/mol. The zero-order chi connectivity index (χ0) is 13.2. The fourth-order valence-corrected chi connectivity index (χ4v) is 2.48. The molecule has 6 heteroatoms. The van der Waals surface area contributed by atoms with Crippen molar-refractivity contribution in [2.24, 2.45) is 0 Å². The van der Waals surface area contributed by atoms with Crippen molar-refractivity contribution in [2.45, 2.75) is 6.10 Å². The fourth-order valence-electron chi connectivity index (χ4n) is 1.92. The number of aromatic amines is 1. The van der Waals surface area contributed by atoms with E-state index in [1.165, 1.54) is 0 Å². The molecule has 1 saturated heterocycles. The van der Waals surface area contributed by atoms with Gasteiger partial charge in [0, 0.05) is 17.1 Å². The molecule has 1 fully saturated rings. The molecule has 0 unspecified atom stereocenters. The first-order valence-corrected chi connectivity index (χ1v) is 7.15. The van der Waals surface area contributed by atoms with Crippen molar-refractivity contribution < 1.29 is 9.47 Å². The van der Waals surface area contributed by atoms with Gasteiger partial charge in [-0.05, 0) is 17.7 Å². The number of nitrogens with zero attached hydrogens (tertiary/aromatic N) is 1. The highest BCUT2D eigenvalue weighted by atomic mass is 32.2. The number of hydrogen-bond acceptors (Lipinski definition) is 5. The average Bonchev–Trinajstić information content (AvgIpc) is 2.80. The van der Waals surface area contributed by atoms with E-state index >= 15 is 0 Å². The minimum atomic E-state index is 0.295. The van der Waals surface area contributed by atoms with Gasteiger partial charge in [0.1, 0.15) is 11.9 Å². The number of methoxy groups -OCH3 is 1. The molecule has 0 saturated carbocycles. The van der Waals surface area contributed by atoms with E-state index in [9.17, 15) is 0 Å². The maximum absolute atomic E-state index is 5.87. The summed E-state index contributed by atoms with van der Waals surface area (Å²) in [7, 11) is 1.64. The number of nitrogen functional groups attached to an aromatic ring is 1. The van der Waals surface area contributed by atoms with Crippen molar-refractivity contribution in [3.05, 3.63) is 24.4 Å². The van der Waals surface area contributed by atoms with Gasteiger partial charge in [0.2, 0.25) is 0 Å². The maximum atomic E-state index is 5.87. The van der Waals surface area contributed by atoms with E-state index in [0.29, 0.717) is 11.9 Å². The van der Waals surface area contributed by atoms with Crippen LogP contribution in [0.5, 0.6) is 11.5 Å². The number of hydrogen-bond donors (Lipinski definition) is 2.